The van der Waals surface area contributed by atoms with Gasteiger partial charge in [-0.1, -0.05) is 0 Å². The molecule has 1 saturated heterocycles. The van der Waals surface area contributed by atoms with Gasteiger partial charge in [0.2, 0.25) is 0 Å². The van der Waals surface area contributed by atoms with Gasteiger partial charge >= 0.3 is 120 Å². The molecule has 1 heterocycles. The molecule has 0 aromatic carbocycles. The summed E-state index contributed by atoms with van der Waals surface area (Å²) in [5.74, 6) is 0. The quantitative estimate of drug-likeness (QED) is 0.181. The summed E-state index contributed by atoms with van der Waals surface area (Å²) in [6, 6.07) is 0. The maximum atomic E-state index is 10.4. The Labute approximate surface area is 120 Å². The van der Waals surface area contributed by atoms with Crippen LogP contribution in [0.1, 0.15) is 0 Å². The van der Waals surface area contributed by atoms with Crippen LogP contribution in [0.2, 0.25) is 16.0 Å². The fourth-order valence-corrected chi connectivity index (χ4v) is 7.52. The predicted octanol–water partition coefficient (Wildman–Crippen LogP) is -3.22. The summed E-state index contributed by atoms with van der Waals surface area (Å²) in [6.07, 6.45) is -6.41. The third kappa shape index (κ3) is 5.52. The average Bonchev–Trinajstić information content (AvgIpc) is 2.31. The van der Waals surface area contributed by atoms with E-state index in [9.17, 15) is 33.4 Å². The van der Waals surface area contributed by atoms with Crippen molar-refractivity contribution in [2.24, 2.45) is 0 Å². The molecule has 0 radical (unpaired) electrons. The zero-order valence-electron chi connectivity index (χ0n) is 10.4. The molecule has 1 aliphatic rings. The van der Waals surface area contributed by atoms with E-state index in [1.807, 2.05) is 0 Å². The van der Waals surface area contributed by atoms with Crippen molar-refractivity contribution in [1.82, 2.24) is 0 Å². The van der Waals surface area contributed by atoms with Crippen LogP contribution in [0.25, 0.3) is 0 Å². The van der Waals surface area contributed by atoms with E-state index in [-0.39, 0.29) is 16.0 Å². The minimum absolute atomic E-state index is 0.0294. The van der Waals surface area contributed by atoms with Crippen molar-refractivity contribution >= 4 is 24.3 Å². The first-order chi connectivity index (χ1) is 9.14. The molecule has 0 aromatic heterocycles. The van der Waals surface area contributed by atoms with Gasteiger partial charge in [-0.15, -0.1) is 0 Å². The molecular weight excluding hydrogens is 363 g/mol. The summed E-state index contributed by atoms with van der Waals surface area (Å²) in [5, 5.41) is 47.6. The minimum atomic E-state index is -5.05. The number of aliphatic hydroxyl groups excluding tert-OH is 5. The molecule has 0 spiro atoms. The van der Waals surface area contributed by atoms with Crippen LogP contribution in [-0.2, 0) is 14.6 Å². The second kappa shape index (κ2) is 7.45. The second-order valence-electron chi connectivity index (χ2n) is 4.53. The van der Waals surface area contributed by atoms with E-state index >= 15 is 0 Å². The fraction of sp³-hybridized carbons (Fsp3) is 1.00. The van der Waals surface area contributed by atoms with Crippen LogP contribution in [-0.4, -0.2) is 89.5 Å². The molecule has 20 heavy (non-hydrogen) atoms. The molecule has 0 saturated carbocycles. The Balaban J connectivity index is 2.58. The topological polar surface area (TPSA) is 168 Å². The molecule has 0 aliphatic carbocycles. The molecule has 2 unspecified atom stereocenters. The molecule has 1 rings (SSSR count). The van der Waals surface area contributed by atoms with Gasteiger partial charge in [-0.05, 0) is 0 Å². The van der Waals surface area contributed by atoms with Crippen LogP contribution in [0.4, 0.5) is 0 Å². The Morgan fingerprint density at radius 2 is 1.75 bits per heavy atom. The van der Waals surface area contributed by atoms with Crippen molar-refractivity contribution in [1.29, 1.82) is 0 Å². The van der Waals surface area contributed by atoms with Crippen LogP contribution in [0.3, 0.4) is 0 Å². The van der Waals surface area contributed by atoms with Gasteiger partial charge in [0.15, 0.2) is 0 Å². The van der Waals surface area contributed by atoms with Crippen LogP contribution >= 0.6 is 0 Å². The van der Waals surface area contributed by atoms with Crippen LogP contribution in [0.15, 0.2) is 0 Å². The first-order valence-electron chi connectivity index (χ1n) is 5.75. The molecule has 0 bridgehead atoms. The van der Waals surface area contributed by atoms with Crippen LogP contribution in [0, 0.1) is 0 Å². The molecule has 1 fully saturated rings. The summed E-state index contributed by atoms with van der Waals surface area (Å²) in [4.78, 5) is 0. The fourth-order valence-electron chi connectivity index (χ4n) is 1.86. The van der Waals surface area contributed by atoms with E-state index in [0.29, 0.717) is 0 Å². The van der Waals surface area contributed by atoms with Crippen LogP contribution < -0.4 is 0 Å². The van der Waals surface area contributed by atoms with E-state index in [1.54, 1.807) is 0 Å². The van der Waals surface area contributed by atoms with E-state index < -0.39 is 61.4 Å². The van der Waals surface area contributed by atoms with Crippen molar-refractivity contribution in [3.05, 3.63) is 0 Å². The van der Waals surface area contributed by atoms with Crippen molar-refractivity contribution in [3.8, 4) is 0 Å². The normalized spacial score (nSPS) is 34.7. The van der Waals surface area contributed by atoms with Crippen LogP contribution in [0.5, 0.6) is 0 Å². The molecule has 9 nitrogen and oxygen atoms in total. The zero-order valence-corrected chi connectivity index (χ0v) is 12.9. The number of rotatable bonds is 6. The van der Waals surface area contributed by atoms with Crippen molar-refractivity contribution in [2.45, 2.75) is 46.5 Å². The van der Waals surface area contributed by atoms with Crippen molar-refractivity contribution in [2.75, 3.05) is 6.61 Å². The first-order valence-corrected chi connectivity index (χ1v) is 10.7. The SMILES string of the molecule is O=S(=O)([O-])O[C@H](CO)[C@@H](O)C[Se+]1C[C@@H](O)C(O)[C@@H](O)C1. The third-order valence-electron chi connectivity index (χ3n) is 2.86. The summed E-state index contributed by atoms with van der Waals surface area (Å²) < 4.78 is 35.4. The van der Waals surface area contributed by atoms with Crippen molar-refractivity contribution < 1.29 is 42.7 Å². The Morgan fingerprint density at radius 3 is 2.15 bits per heavy atom. The number of hydrogen-bond donors (Lipinski definition) is 5. The molecule has 5 N–H and O–H groups in total. The van der Waals surface area contributed by atoms with E-state index in [0.717, 1.165) is 0 Å². The average molecular weight is 381 g/mol. The summed E-state index contributed by atoms with van der Waals surface area (Å²) in [6.45, 7) is -0.852. The Kier molecular flexibility index (Phi) is 6.80. The summed E-state index contributed by atoms with van der Waals surface area (Å²) in [5.41, 5.74) is 0. The van der Waals surface area contributed by atoms with Gasteiger partial charge < -0.3 is 0 Å². The van der Waals surface area contributed by atoms with Gasteiger partial charge in [0.05, 0.1) is 0 Å². The molecule has 120 valence electrons. The van der Waals surface area contributed by atoms with Gasteiger partial charge in [-0.25, -0.2) is 0 Å². The first kappa shape index (κ1) is 18.2. The Hall–Kier alpha value is 0.189. The van der Waals surface area contributed by atoms with Gasteiger partial charge in [0.1, 0.15) is 0 Å². The van der Waals surface area contributed by atoms with E-state index in [2.05, 4.69) is 4.18 Å². The molecule has 0 aromatic rings. The summed E-state index contributed by atoms with van der Waals surface area (Å²) >= 11 is -1.73. The van der Waals surface area contributed by atoms with Gasteiger partial charge in [0, 0.05) is 0 Å². The van der Waals surface area contributed by atoms with Gasteiger partial charge in [-0.2, -0.15) is 0 Å². The summed E-state index contributed by atoms with van der Waals surface area (Å²) in [7, 11) is -5.05. The monoisotopic (exact) mass is 382 g/mol. The third-order valence-corrected chi connectivity index (χ3v) is 8.46. The van der Waals surface area contributed by atoms with E-state index in [4.69, 9.17) is 5.11 Å². The zero-order chi connectivity index (χ0) is 15.5. The molecule has 0 amide bonds. The predicted molar refractivity (Wildman–Crippen MR) is 65.9 cm³/mol. The van der Waals surface area contributed by atoms with Crippen molar-refractivity contribution in [3.63, 3.8) is 0 Å². The molecular formula is C9H18O9SSe. The van der Waals surface area contributed by atoms with Gasteiger partial charge in [-0.3, -0.25) is 0 Å². The second-order valence-corrected chi connectivity index (χ2v) is 10.2. The molecule has 1 aliphatic heterocycles. The maximum absolute atomic E-state index is 10.4. The number of hydrogen-bond acceptors (Lipinski definition) is 9. The van der Waals surface area contributed by atoms with E-state index in [1.165, 1.54) is 0 Å². The van der Waals surface area contributed by atoms with Gasteiger partial charge in [0.25, 0.3) is 0 Å². The Morgan fingerprint density at radius 1 is 1.25 bits per heavy atom. The molecule has 11 heteroatoms. The standard InChI is InChI=1S/C9H18O9SSe/c10-1-8(18-19(15,16)17)5(11)2-20-3-6(12)9(14)7(13)4-20/h5-14H,1-4H2/t5-,6-,7+,8+,9?,20?/m0/s1. The number of aliphatic hydroxyl groups is 5. The Bertz CT molecular complexity index is 390. The molecule has 6 atom stereocenters.